The van der Waals surface area contributed by atoms with Gasteiger partial charge in [0.2, 0.25) is 0 Å². The van der Waals surface area contributed by atoms with Crippen LogP contribution >= 0.6 is 11.6 Å². The smallest absolute Gasteiger partial charge is 0.297 e. The third-order valence-electron chi connectivity index (χ3n) is 1.71. The molecule has 0 saturated heterocycles. The van der Waals surface area contributed by atoms with Gasteiger partial charge in [0, 0.05) is 6.07 Å². The predicted octanol–water partition coefficient (Wildman–Crippen LogP) is -0.0308. The summed E-state index contributed by atoms with van der Waals surface area (Å²) >= 11 is 5.51. The molecule has 2 heterocycles. The van der Waals surface area contributed by atoms with Crippen LogP contribution in [0.25, 0.3) is 5.69 Å². The number of halogens is 1. The average Bonchev–Trinajstić information content (AvgIpc) is 2.17. The Morgan fingerprint density at radius 2 is 1.93 bits per heavy atom. The summed E-state index contributed by atoms with van der Waals surface area (Å²) in [6, 6.07) is 1.11. The Morgan fingerprint density at radius 3 is 2.53 bits per heavy atom. The lowest BCUT2D eigenvalue weighted by molar-refractivity contribution is 0.861. The molecule has 0 saturated carbocycles. The zero-order valence-electron chi connectivity index (χ0n) is 7.35. The highest BCUT2D eigenvalue weighted by molar-refractivity contribution is 6.29. The van der Waals surface area contributed by atoms with E-state index in [4.69, 9.17) is 11.6 Å². The van der Waals surface area contributed by atoms with E-state index in [-0.39, 0.29) is 5.15 Å². The highest BCUT2D eigenvalue weighted by Crippen LogP contribution is 1.98. The van der Waals surface area contributed by atoms with E-state index in [2.05, 4.69) is 15.0 Å². The average molecular weight is 225 g/mol. The summed E-state index contributed by atoms with van der Waals surface area (Å²) in [5.41, 5.74) is -0.860. The van der Waals surface area contributed by atoms with Gasteiger partial charge < -0.3 is 0 Å². The summed E-state index contributed by atoms with van der Waals surface area (Å²) in [4.78, 5) is 32.6. The largest absolute Gasteiger partial charge is 0.334 e. The molecule has 0 aromatic carbocycles. The molecule has 0 amide bonds. The molecule has 2 aromatic heterocycles. The summed E-state index contributed by atoms with van der Waals surface area (Å²) in [5.74, 6) is 0. The highest BCUT2D eigenvalue weighted by atomic mass is 35.5. The normalized spacial score (nSPS) is 10.2. The van der Waals surface area contributed by atoms with Crippen LogP contribution in [0.15, 0.2) is 34.4 Å². The van der Waals surface area contributed by atoms with Crippen molar-refractivity contribution in [3.05, 3.63) is 50.8 Å². The number of hydrogen-bond acceptors (Lipinski definition) is 4. The molecule has 0 aliphatic carbocycles. The minimum absolute atomic E-state index is 0.00176. The van der Waals surface area contributed by atoms with Gasteiger partial charge in [0.25, 0.3) is 5.56 Å². The van der Waals surface area contributed by atoms with E-state index >= 15 is 0 Å². The maximum atomic E-state index is 11.5. The Labute approximate surface area is 88.2 Å². The molecule has 0 aliphatic rings. The third-order valence-corrected chi connectivity index (χ3v) is 1.91. The molecule has 0 spiro atoms. The molecular formula is C8H5ClN4O2. The number of hydrogen-bond donors (Lipinski definition) is 1. The van der Waals surface area contributed by atoms with Crippen molar-refractivity contribution in [3.63, 3.8) is 0 Å². The fourth-order valence-corrected chi connectivity index (χ4v) is 1.29. The van der Waals surface area contributed by atoms with Crippen LogP contribution < -0.4 is 11.2 Å². The second-order valence-electron chi connectivity index (χ2n) is 2.69. The molecule has 7 heteroatoms. The summed E-state index contributed by atoms with van der Waals surface area (Å²) in [6.07, 6.45) is 4.02. The van der Waals surface area contributed by atoms with Gasteiger partial charge in [-0.15, -0.1) is 0 Å². The van der Waals surface area contributed by atoms with Crippen molar-refractivity contribution in [1.29, 1.82) is 0 Å². The third kappa shape index (κ3) is 1.79. The molecular weight excluding hydrogens is 220 g/mol. The maximum Gasteiger partial charge on any atom is 0.334 e. The van der Waals surface area contributed by atoms with Crippen molar-refractivity contribution in [2.75, 3.05) is 0 Å². The van der Waals surface area contributed by atoms with Crippen molar-refractivity contribution in [2.45, 2.75) is 0 Å². The van der Waals surface area contributed by atoms with E-state index in [0.29, 0.717) is 5.69 Å². The van der Waals surface area contributed by atoms with Crippen LogP contribution in [0.2, 0.25) is 5.15 Å². The predicted molar refractivity (Wildman–Crippen MR) is 53.3 cm³/mol. The van der Waals surface area contributed by atoms with Crippen LogP contribution in [0.3, 0.4) is 0 Å². The molecule has 0 fully saturated rings. The second-order valence-corrected chi connectivity index (χ2v) is 3.10. The molecule has 1 N–H and O–H groups in total. The summed E-state index contributed by atoms with van der Waals surface area (Å²) in [5, 5.41) is -0.00176. The monoisotopic (exact) mass is 224 g/mol. The Balaban J connectivity index is 2.75. The quantitative estimate of drug-likeness (QED) is 0.690. The fraction of sp³-hybridized carbons (Fsp3) is 0. The first-order valence-corrected chi connectivity index (χ1v) is 4.33. The van der Waals surface area contributed by atoms with Gasteiger partial charge >= 0.3 is 5.69 Å². The zero-order chi connectivity index (χ0) is 10.8. The molecule has 0 radical (unpaired) electrons. The van der Waals surface area contributed by atoms with Gasteiger partial charge in [-0.05, 0) is 0 Å². The molecule has 6 nitrogen and oxygen atoms in total. The van der Waals surface area contributed by atoms with E-state index in [0.717, 1.165) is 10.6 Å². The number of nitrogens with one attached hydrogen (secondary N) is 1. The highest BCUT2D eigenvalue weighted by Gasteiger charge is 2.05. The van der Waals surface area contributed by atoms with Crippen molar-refractivity contribution in [3.8, 4) is 5.69 Å². The number of nitrogens with zero attached hydrogens (tertiary/aromatic N) is 3. The van der Waals surface area contributed by atoms with Gasteiger partial charge in [0.15, 0.2) is 0 Å². The van der Waals surface area contributed by atoms with Crippen LogP contribution in [0.5, 0.6) is 0 Å². The van der Waals surface area contributed by atoms with Gasteiger partial charge in [-0.2, -0.15) is 0 Å². The first-order valence-electron chi connectivity index (χ1n) is 3.96. The van der Waals surface area contributed by atoms with Crippen LogP contribution in [0.1, 0.15) is 0 Å². The minimum atomic E-state index is -0.623. The van der Waals surface area contributed by atoms with Gasteiger partial charge in [-0.25, -0.2) is 19.3 Å². The molecule has 2 aromatic rings. The lowest BCUT2D eigenvalue weighted by Crippen LogP contribution is -2.33. The standard InChI is InChI=1S/C8H5ClN4O2/c9-6-1-7(14)13(8(15)12-6)5-2-10-4-11-3-5/h1-4H,(H,12,15). The van der Waals surface area contributed by atoms with E-state index in [1.165, 1.54) is 18.7 Å². The van der Waals surface area contributed by atoms with Crippen LogP contribution in [-0.2, 0) is 0 Å². The van der Waals surface area contributed by atoms with Gasteiger partial charge in [0.05, 0.1) is 18.1 Å². The van der Waals surface area contributed by atoms with Crippen molar-refractivity contribution in [1.82, 2.24) is 19.5 Å². The molecule has 2 rings (SSSR count). The lowest BCUT2D eigenvalue weighted by atomic mass is 10.5. The van der Waals surface area contributed by atoms with E-state index < -0.39 is 11.2 Å². The molecule has 76 valence electrons. The fourth-order valence-electron chi connectivity index (χ4n) is 1.12. The Bertz CT molecular complexity index is 558. The molecule has 15 heavy (non-hydrogen) atoms. The molecule has 0 bridgehead atoms. The summed E-state index contributed by atoms with van der Waals surface area (Å²) in [7, 11) is 0. The number of aromatic nitrogens is 4. The second kappa shape index (κ2) is 3.66. The Hall–Kier alpha value is -1.95. The van der Waals surface area contributed by atoms with Gasteiger partial charge in [-0.3, -0.25) is 9.78 Å². The van der Waals surface area contributed by atoms with Crippen molar-refractivity contribution in [2.24, 2.45) is 0 Å². The van der Waals surface area contributed by atoms with Crippen molar-refractivity contribution >= 4 is 11.6 Å². The zero-order valence-corrected chi connectivity index (χ0v) is 8.10. The van der Waals surface area contributed by atoms with E-state index in [1.54, 1.807) is 0 Å². The summed E-state index contributed by atoms with van der Waals surface area (Å²) in [6.45, 7) is 0. The number of H-pyrrole nitrogens is 1. The SMILES string of the molecule is O=c1cc(Cl)[nH]c(=O)n1-c1cncnc1. The lowest BCUT2D eigenvalue weighted by Gasteiger charge is -2.01. The van der Waals surface area contributed by atoms with Crippen LogP contribution in [0.4, 0.5) is 0 Å². The topological polar surface area (TPSA) is 80.6 Å². The van der Waals surface area contributed by atoms with Gasteiger partial charge in [-0.1, -0.05) is 11.6 Å². The maximum absolute atomic E-state index is 11.5. The van der Waals surface area contributed by atoms with E-state index in [1.807, 2.05) is 0 Å². The first-order chi connectivity index (χ1) is 7.18. The number of rotatable bonds is 1. The Kier molecular flexibility index (Phi) is 2.34. The molecule has 0 atom stereocenters. The van der Waals surface area contributed by atoms with Crippen LogP contribution in [0, 0.1) is 0 Å². The summed E-state index contributed by atoms with van der Waals surface area (Å²) < 4.78 is 0.895. The van der Waals surface area contributed by atoms with E-state index in [9.17, 15) is 9.59 Å². The molecule has 0 unspecified atom stereocenters. The van der Waals surface area contributed by atoms with Crippen LogP contribution in [-0.4, -0.2) is 19.5 Å². The number of aromatic amines is 1. The first kappa shape index (κ1) is 9.60. The van der Waals surface area contributed by atoms with Gasteiger partial charge in [0.1, 0.15) is 11.5 Å². The Morgan fingerprint density at radius 1 is 1.27 bits per heavy atom. The van der Waals surface area contributed by atoms with Crippen molar-refractivity contribution < 1.29 is 0 Å². The molecule has 0 aliphatic heterocycles. The minimum Gasteiger partial charge on any atom is -0.297 e.